The van der Waals surface area contributed by atoms with Crippen LogP contribution in [0.1, 0.15) is 17.3 Å². The highest BCUT2D eigenvalue weighted by molar-refractivity contribution is 5.89. The van der Waals surface area contributed by atoms with Gasteiger partial charge in [-0.1, -0.05) is 35.5 Å². The van der Waals surface area contributed by atoms with Crippen LogP contribution in [0, 0.1) is 13.8 Å². The van der Waals surface area contributed by atoms with Gasteiger partial charge in [0, 0.05) is 24.3 Å². The first-order valence-electron chi connectivity index (χ1n) is 9.47. The number of hydrogen-bond acceptors (Lipinski definition) is 6. The van der Waals surface area contributed by atoms with E-state index in [4.69, 9.17) is 4.52 Å². The fraction of sp³-hybridized carbons (Fsp3) is 0.350. The van der Waals surface area contributed by atoms with E-state index < -0.39 is 6.04 Å². The quantitative estimate of drug-likeness (QED) is 0.695. The van der Waals surface area contributed by atoms with E-state index in [2.05, 4.69) is 20.6 Å². The number of piperazine rings is 1. The lowest BCUT2D eigenvalue weighted by Gasteiger charge is -2.34. The summed E-state index contributed by atoms with van der Waals surface area (Å²) in [5.74, 6) is 0.378. The summed E-state index contributed by atoms with van der Waals surface area (Å²) in [5, 5.41) is 11.1. The molecule has 1 aromatic carbocycles. The third-order valence-corrected chi connectivity index (χ3v) is 4.91. The number of rotatable bonds is 5. The highest BCUT2D eigenvalue weighted by Crippen LogP contribution is 2.18. The number of amides is 2. The summed E-state index contributed by atoms with van der Waals surface area (Å²) in [6.07, 6.45) is 0.161. The first kappa shape index (κ1) is 18.9. The monoisotopic (exact) mass is 394 g/mol. The molecule has 3 aromatic rings. The minimum atomic E-state index is -0.697. The Balaban J connectivity index is 1.51. The smallest absolute Gasteiger partial charge is 0.245 e. The molecule has 1 unspecified atom stereocenters. The van der Waals surface area contributed by atoms with Gasteiger partial charge in [0.15, 0.2) is 0 Å². The van der Waals surface area contributed by atoms with E-state index in [1.165, 1.54) is 0 Å². The van der Waals surface area contributed by atoms with Crippen molar-refractivity contribution >= 4 is 11.8 Å². The Morgan fingerprint density at radius 3 is 2.79 bits per heavy atom. The standard InChI is InChI=1S/C20H22N6O3/c1-13-10-14(2)26(23-13)12-18(27)25-9-8-21-20(28)16(25)11-17-22-19(24-29-17)15-6-4-3-5-7-15/h3-7,10,16H,8-9,11-12H2,1-2H3,(H,21,28). The first-order chi connectivity index (χ1) is 14.0. The Morgan fingerprint density at radius 1 is 1.28 bits per heavy atom. The third kappa shape index (κ3) is 4.03. The fourth-order valence-electron chi connectivity index (χ4n) is 3.48. The van der Waals surface area contributed by atoms with E-state index in [1.807, 2.05) is 50.2 Å². The summed E-state index contributed by atoms with van der Waals surface area (Å²) >= 11 is 0. The number of benzene rings is 1. The van der Waals surface area contributed by atoms with Crippen LogP contribution in [0.2, 0.25) is 0 Å². The van der Waals surface area contributed by atoms with Crippen molar-refractivity contribution in [1.29, 1.82) is 0 Å². The minimum absolute atomic E-state index is 0.0859. The van der Waals surface area contributed by atoms with Gasteiger partial charge in [-0.3, -0.25) is 14.3 Å². The Morgan fingerprint density at radius 2 is 2.07 bits per heavy atom. The average molecular weight is 394 g/mol. The van der Waals surface area contributed by atoms with Crippen LogP contribution in [0.4, 0.5) is 0 Å². The normalized spacial score (nSPS) is 16.7. The zero-order valence-electron chi connectivity index (χ0n) is 16.3. The molecule has 0 aliphatic carbocycles. The molecule has 4 rings (SSSR count). The van der Waals surface area contributed by atoms with Crippen molar-refractivity contribution in [3.63, 3.8) is 0 Å². The summed E-state index contributed by atoms with van der Waals surface area (Å²) < 4.78 is 7.00. The van der Waals surface area contributed by atoms with Crippen LogP contribution in [-0.2, 0) is 22.6 Å². The van der Waals surface area contributed by atoms with Crippen LogP contribution in [0.5, 0.6) is 0 Å². The number of nitrogens with zero attached hydrogens (tertiary/aromatic N) is 5. The largest absolute Gasteiger partial charge is 0.353 e. The summed E-state index contributed by atoms with van der Waals surface area (Å²) in [7, 11) is 0. The predicted molar refractivity (Wildman–Crippen MR) is 104 cm³/mol. The zero-order chi connectivity index (χ0) is 20.4. The molecule has 1 saturated heterocycles. The van der Waals surface area contributed by atoms with Gasteiger partial charge in [-0.25, -0.2) is 0 Å². The Hall–Kier alpha value is -3.49. The zero-order valence-corrected chi connectivity index (χ0v) is 16.3. The number of aryl methyl sites for hydroxylation is 2. The van der Waals surface area contributed by atoms with Gasteiger partial charge in [-0.15, -0.1) is 0 Å². The lowest BCUT2D eigenvalue weighted by molar-refractivity contribution is -0.144. The van der Waals surface area contributed by atoms with E-state index >= 15 is 0 Å². The van der Waals surface area contributed by atoms with Gasteiger partial charge in [-0.05, 0) is 19.9 Å². The molecule has 0 spiro atoms. The molecule has 1 aliphatic rings. The first-order valence-corrected chi connectivity index (χ1v) is 9.47. The van der Waals surface area contributed by atoms with E-state index in [0.29, 0.717) is 24.8 Å². The van der Waals surface area contributed by atoms with Gasteiger partial charge in [0.1, 0.15) is 12.6 Å². The Labute approximate surface area is 167 Å². The van der Waals surface area contributed by atoms with Crippen molar-refractivity contribution in [3.05, 3.63) is 53.7 Å². The number of carbonyl (C=O) groups excluding carboxylic acids is 2. The SMILES string of the molecule is Cc1cc(C)n(CC(=O)N2CCNC(=O)C2Cc2nc(-c3ccccc3)no2)n1. The molecule has 0 radical (unpaired) electrons. The van der Waals surface area contributed by atoms with Crippen molar-refractivity contribution in [2.75, 3.05) is 13.1 Å². The van der Waals surface area contributed by atoms with Gasteiger partial charge in [-0.2, -0.15) is 10.1 Å². The second-order valence-electron chi connectivity index (χ2n) is 7.06. The van der Waals surface area contributed by atoms with Crippen LogP contribution in [-0.4, -0.2) is 55.8 Å². The third-order valence-electron chi connectivity index (χ3n) is 4.91. The lowest BCUT2D eigenvalue weighted by atomic mass is 10.1. The van der Waals surface area contributed by atoms with Crippen LogP contribution < -0.4 is 5.32 Å². The molecule has 1 atom stereocenters. The summed E-state index contributed by atoms with van der Waals surface area (Å²) in [6, 6.07) is 10.7. The molecule has 1 fully saturated rings. The number of aromatic nitrogens is 4. The van der Waals surface area contributed by atoms with Crippen LogP contribution in [0.3, 0.4) is 0 Å². The predicted octanol–water partition coefficient (Wildman–Crippen LogP) is 1.12. The van der Waals surface area contributed by atoms with Crippen molar-refractivity contribution in [3.8, 4) is 11.4 Å². The molecule has 0 saturated carbocycles. The van der Waals surface area contributed by atoms with Crippen molar-refractivity contribution < 1.29 is 14.1 Å². The molecule has 150 valence electrons. The molecule has 9 heteroatoms. The average Bonchev–Trinajstić information content (AvgIpc) is 3.30. The summed E-state index contributed by atoms with van der Waals surface area (Å²) in [4.78, 5) is 31.4. The molecule has 29 heavy (non-hydrogen) atoms. The van der Waals surface area contributed by atoms with Crippen molar-refractivity contribution in [2.24, 2.45) is 0 Å². The van der Waals surface area contributed by atoms with E-state index in [9.17, 15) is 9.59 Å². The molecule has 3 heterocycles. The Bertz CT molecular complexity index is 1030. The van der Waals surface area contributed by atoms with Crippen LogP contribution >= 0.6 is 0 Å². The summed E-state index contributed by atoms with van der Waals surface area (Å²) in [6.45, 7) is 4.70. The Kier molecular flexibility index (Phi) is 5.11. The number of carbonyl (C=O) groups is 2. The van der Waals surface area contributed by atoms with Crippen molar-refractivity contribution in [1.82, 2.24) is 30.1 Å². The molecule has 2 aromatic heterocycles. The topological polar surface area (TPSA) is 106 Å². The minimum Gasteiger partial charge on any atom is -0.353 e. The number of nitrogens with one attached hydrogen (secondary N) is 1. The molecular formula is C20H22N6O3. The highest BCUT2D eigenvalue weighted by atomic mass is 16.5. The lowest BCUT2D eigenvalue weighted by Crippen LogP contribution is -2.58. The van der Waals surface area contributed by atoms with E-state index in [0.717, 1.165) is 17.0 Å². The van der Waals surface area contributed by atoms with Gasteiger partial charge < -0.3 is 14.7 Å². The fourth-order valence-corrected chi connectivity index (χ4v) is 3.48. The maximum atomic E-state index is 12.9. The molecule has 1 aliphatic heterocycles. The molecule has 9 nitrogen and oxygen atoms in total. The van der Waals surface area contributed by atoms with Gasteiger partial charge in [0.2, 0.25) is 23.5 Å². The number of hydrogen-bond donors (Lipinski definition) is 1. The van der Waals surface area contributed by atoms with Gasteiger partial charge >= 0.3 is 0 Å². The molecule has 0 bridgehead atoms. The van der Waals surface area contributed by atoms with E-state index in [1.54, 1.807) is 9.58 Å². The molecular weight excluding hydrogens is 372 g/mol. The maximum Gasteiger partial charge on any atom is 0.245 e. The van der Waals surface area contributed by atoms with Gasteiger partial charge in [0.05, 0.1) is 12.1 Å². The molecule has 2 amide bonds. The molecule has 1 N–H and O–H groups in total. The van der Waals surface area contributed by atoms with E-state index in [-0.39, 0.29) is 24.8 Å². The summed E-state index contributed by atoms with van der Waals surface area (Å²) in [5.41, 5.74) is 2.58. The second kappa shape index (κ2) is 7.86. The van der Waals surface area contributed by atoms with Gasteiger partial charge in [0.25, 0.3) is 0 Å². The maximum absolute atomic E-state index is 12.9. The van der Waals surface area contributed by atoms with Crippen LogP contribution in [0.15, 0.2) is 40.9 Å². The van der Waals surface area contributed by atoms with Crippen LogP contribution in [0.25, 0.3) is 11.4 Å². The second-order valence-corrected chi connectivity index (χ2v) is 7.06. The highest BCUT2D eigenvalue weighted by Gasteiger charge is 2.35. The van der Waals surface area contributed by atoms with Crippen molar-refractivity contribution in [2.45, 2.75) is 32.9 Å².